The van der Waals surface area contributed by atoms with Crippen LogP contribution in [0.15, 0.2) is 12.1 Å². The molecule has 0 radical (unpaired) electrons. The molecule has 0 amide bonds. The van der Waals surface area contributed by atoms with Gasteiger partial charge in [-0.2, -0.15) is 0 Å². The molecule has 1 atom stereocenters. The summed E-state index contributed by atoms with van der Waals surface area (Å²) in [5.74, 6) is 1.56. The molecule has 0 bridgehead atoms. The number of methoxy groups -OCH3 is 2. The van der Waals surface area contributed by atoms with Gasteiger partial charge in [-0.05, 0) is 25.0 Å². The van der Waals surface area contributed by atoms with Gasteiger partial charge in [0.25, 0.3) is 0 Å². The van der Waals surface area contributed by atoms with Gasteiger partial charge in [0.15, 0.2) is 11.5 Å². The molecule has 0 aliphatic heterocycles. The van der Waals surface area contributed by atoms with E-state index in [1.54, 1.807) is 14.2 Å². The maximum atomic E-state index is 5.91. The molecule has 2 N–H and O–H groups in total. The van der Waals surface area contributed by atoms with E-state index < -0.39 is 0 Å². The molecule has 3 nitrogen and oxygen atoms in total. The summed E-state index contributed by atoms with van der Waals surface area (Å²) in [6.45, 7) is 4.06. The predicted molar refractivity (Wildman–Crippen MR) is 61.5 cm³/mol. The Morgan fingerprint density at radius 3 is 2.33 bits per heavy atom. The summed E-state index contributed by atoms with van der Waals surface area (Å²) < 4.78 is 10.6. The van der Waals surface area contributed by atoms with Crippen LogP contribution in [0.25, 0.3) is 0 Å². The van der Waals surface area contributed by atoms with E-state index in [-0.39, 0.29) is 6.04 Å². The third-order valence-corrected chi connectivity index (χ3v) is 2.53. The van der Waals surface area contributed by atoms with E-state index in [1.807, 2.05) is 19.1 Å². The largest absolute Gasteiger partial charge is 0.493 e. The summed E-state index contributed by atoms with van der Waals surface area (Å²) in [5, 5.41) is 0. The number of hydrogen-bond acceptors (Lipinski definition) is 3. The first-order valence-corrected chi connectivity index (χ1v) is 5.15. The topological polar surface area (TPSA) is 44.5 Å². The molecular formula is C12H19NO2. The Morgan fingerprint density at radius 1 is 1.27 bits per heavy atom. The van der Waals surface area contributed by atoms with Gasteiger partial charge in [-0.15, -0.1) is 0 Å². The average Bonchev–Trinajstić information content (AvgIpc) is 2.26. The summed E-state index contributed by atoms with van der Waals surface area (Å²) in [6, 6.07) is 3.92. The highest BCUT2D eigenvalue weighted by atomic mass is 16.5. The first kappa shape index (κ1) is 11.9. The molecule has 0 heterocycles. The molecular weight excluding hydrogens is 190 g/mol. The number of ether oxygens (including phenoxy) is 2. The van der Waals surface area contributed by atoms with Gasteiger partial charge in [0.1, 0.15) is 0 Å². The fourth-order valence-corrected chi connectivity index (χ4v) is 1.80. The van der Waals surface area contributed by atoms with Crippen LogP contribution in [0.4, 0.5) is 0 Å². The van der Waals surface area contributed by atoms with E-state index in [9.17, 15) is 0 Å². The number of rotatable bonds is 4. The third-order valence-electron chi connectivity index (χ3n) is 2.53. The van der Waals surface area contributed by atoms with E-state index in [0.717, 1.165) is 29.0 Å². The molecule has 15 heavy (non-hydrogen) atoms. The molecule has 1 aromatic rings. The maximum Gasteiger partial charge on any atom is 0.164 e. The predicted octanol–water partition coefficient (Wildman–Crippen LogP) is 2.29. The quantitative estimate of drug-likeness (QED) is 0.827. The SMILES string of the molecule is CCc1c(C(C)N)ccc(OC)c1OC. The Bertz CT molecular complexity index is 335. The van der Waals surface area contributed by atoms with Crippen molar-refractivity contribution in [1.29, 1.82) is 0 Å². The van der Waals surface area contributed by atoms with Crippen molar-refractivity contribution in [3.8, 4) is 11.5 Å². The van der Waals surface area contributed by atoms with Gasteiger partial charge in [0, 0.05) is 11.6 Å². The second-order valence-electron chi connectivity index (χ2n) is 3.51. The van der Waals surface area contributed by atoms with Crippen LogP contribution < -0.4 is 15.2 Å². The molecule has 3 heteroatoms. The lowest BCUT2D eigenvalue weighted by molar-refractivity contribution is 0.351. The number of nitrogens with two attached hydrogens (primary N) is 1. The average molecular weight is 209 g/mol. The van der Waals surface area contributed by atoms with Crippen molar-refractivity contribution in [3.05, 3.63) is 23.3 Å². The van der Waals surface area contributed by atoms with Gasteiger partial charge in [-0.1, -0.05) is 13.0 Å². The minimum absolute atomic E-state index is 0.0137. The molecule has 1 aromatic carbocycles. The lowest BCUT2D eigenvalue weighted by Crippen LogP contribution is -2.09. The second kappa shape index (κ2) is 5.03. The van der Waals surface area contributed by atoms with Crippen molar-refractivity contribution in [2.24, 2.45) is 5.73 Å². The molecule has 0 saturated heterocycles. The summed E-state index contributed by atoms with van der Waals surface area (Å²) in [4.78, 5) is 0. The zero-order valence-electron chi connectivity index (χ0n) is 9.83. The van der Waals surface area contributed by atoms with Gasteiger partial charge >= 0.3 is 0 Å². The second-order valence-corrected chi connectivity index (χ2v) is 3.51. The molecule has 1 rings (SSSR count). The molecule has 0 aliphatic carbocycles. The lowest BCUT2D eigenvalue weighted by atomic mass is 9.98. The van der Waals surface area contributed by atoms with Crippen molar-refractivity contribution in [2.45, 2.75) is 26.3 Å². The highest BCUT2D eigenvalue weighted by Gasteiger charge is 2.15. The fourth-order valence-electron chi connectivity index (χ4n) is 1.80. The lowest BCUT2D eigenvalue weighted by Gasteiger charge is -2.17. The van der Waals surface area contributed by atoms with Crippen molar-refractivity contribution in [2.75, 3.05) is 14.2 Å². The van der Waals surface area contributed by atoms with Crippen LogP contribution in [0.3, 0.4) is 0 Å². The Hall–Kier alpha value is -1.22. The monoisotopic (exact) mass is 209 g/mol. The normalized spacial score (nSPS) is 12.3. The molecule has 0 spiro atoms. The van der Waals surface area contributed by atoms with E-state index in [4.69, 9.17) is 15.2 Å². The summed E-state index contributed by atoms with van der Waals surface area (Å²) in [7, 11) is 3.30. The van der Waals surface area contributed by atoms with Gasteiger partial charge in [-0.3, -0.25) is 0 Å². The van der Waals surface area contributed by atoms with Crippen molar-refractivity contribution >= 4 is 0 Å². The van der Waals surface area contributed by atoms with Crippen LogP contribution in [0, 0.1) is 0 Å². The van der Waals surface area contributed by atoms with Crippen molar-refractivity contribution in [1.82, 2.24) is 0 Å². The minimum atomic E-state index is 0.0137. The van der Waals surface area contributed by atoms with Crippen LogP contribution in [-0.4, -0.2) is 14.2 Å². The van der Waals surface area contributed by atoms with Gasteiger partial charge in [0.05, 0.1) is 14.2 Å². The van der Waals surface area contributed by atoms with Crippen molar-refractivity contribution in [3.63, 3.8) is 0 Å². The first-order valence-electron chi connectivity index (χ1n) is 5.15. The van der Waals surface area contributed by atoms with E-state index in [1.165, 1.54) is 0 Å². The summed E-state index contributed by atoms with van der Waals surface area (Å²) >= 11 is 0. The highest BCUT2D eigenvalue weighted by Crippen LogP contribution is 2.35. The zero-order chi connectivity index (χ0) is 11.4. The zero-order valence-corrected chi connectivity index (χ0v) is 9.83. The molecule has 1 unspecified atom stereocenters. The highest BCUT2D eigenvalue weighted by molar-refractivity contribution is 5.51. The van der Waals surface area contributed by atoms with E-state index in [2.05, 4.69) is 6.92 Å². The van der Waals surface area contributed by atoms with Crippen LogP contribution >= 0.6 is 0 Å². The molecule has 0 fully saturated rings. The summed E-state index contributed by atoms with van der Waals surface area (Å²) in [5.41, 5.74) is 8.16. The van der Waals surface area contributed by atoms with E-state index >= 15 is 0 Å². The maximum absolute atomic E-state index is 5.91. The van der Waals surface area contributed by atoms with E-state index in [0.29, 0.717) is 0 Å². The standard InChI is InChI=1S/C12H19NO2/c1-5-9-10(8(2)13)6-7-11(14-3)12(9)15-4/h6-8H,5,13H2,1-4H3. The Kier molecular flexibility index (Phi) is 3.97. The Morgan fingerprint density at radius 2 is 1.93 bits per heavy atom. The Labute approximate surface area is 91.2 Å². The van der Waals surface area contributed by atoms with Crippen LogP contribution in [0.5, 0.6) is 11.5 Å². The molecule has 84 valence electrons. The van der Waals surface area contributed by atoms with Crippen LogP contribution in [0.1, 0.15) is 31.0 Å². The number of hydrogen-bond donors (Lipinski definition) is 1. The molecule has 0 aromatic heterocycles. The first-order chi connectivity index (χ1) is 7.15. The van der Waals surface area contributed by atoms with Crippen LogP contribution in [-0.2, 0) is 6.42 Å². The Balaban J connectivity index is 3.34. The molecule has 0 saturated carbocycles. The fraction of sp³-hybridized carbons (Fsp3) is 0.500. The van der Waals surface area contributed by atoms with Crippen LogP contribution in [0.2, 0.25) is 0 Å². The minimum Gasteiger partial charge on any atom is -0.493 e. The van der Waals surface area contributed by atoms with Gasteiger partial charge in [0.2, 0.25) is 0 Å². The third kappa shape index (κ3) is 2.23. The smallest absolute Gasteiger partial charge is 0.164 e. The van der Waals surface area contributed by atoms with Gasteiger partial charge < -0.3 is 15.2 Å². The molecule has 0 aliphatic rings. The summed E-state index contributed by atoms with van der Waals surface area (Å²) in [6.07, 6.45) is 0.886. The van der Waals surface area contributed by atoms with Crippen molar-refractivity contribution < 1.29 is 9.47 Å². The van der Waals surface area contributed by atoms with Gasteiger partial charge in [-0.25, -0.2) is 0 Å². The number of benzene rings is 1.